The summed E-state index contributed by atoms with van der Waals surface area (Å²) in [4.78, 5) is 25.7. The summed E-state index contributed by atoms with van der Waals surface area (Å²) in [6.45, 7) is 4.01. The second-order valence-electron chi connectivity index (χ2n) is 6.13. The summed E-state index contributed by atoms with van der Waals surface area (Å²) >= 11 is 3.39. The number of anilines is 1. The number of rotatable bonds is 6. The molecule has 0 spiro atoms. The molecule has 2 aromatic carbocycles. The molecule has 0 unspecified atom stereocenters. The van der Waals surface area contributed by atoms with Crippen LogP contribution in [0.15, 0.2) is 53.0 Å². The van der Waals surface area contributed by atoms with Gasteiger partial charge >= 0.3 is 0 Å². The Bertz CT molecular complexity index is 813. The monoisotopic (exact) mass is 414 g/mol. The van der Waals surface area contributed by atoms with Crippen molar-refractivity contribution in [1.82, 2.24) is 4.90 Å². The molecular formula is C21H23BrN2O2. The van der Waals surface area contributed by atoms with Gasteiger partial charge in [0.1, 0.15) is 0 Å². The van der Waals surface area contributed by atoms with Crippen LogP contribution >= 0.6 is 15.9 Å². The van der Waals surface area contributed by atoms with Gasteiger partial charge in [0.15, 0.2) is 0 Å². The lowest BCUT2D eigenvalue weighted by atomic mass is 10.1. The number of carbonyl (C=O) groups is 2. The summed E-state index contributed by atoms with van der Waals surface area (Å²) < 4.78 is 0.956. The van der Waals surface area contributed by atoms with Crippen LogP contribution in [0.5, 0.6) is 0 Å². The van der Waals surface area contributed by atoms with Gasteiger partial charge in [0, 0.05) is 23.3 Å². The predicted molar refractivity (Wildman–Crippen MR) is 110 cm³/mol. The van der Waals surface area contributed by atoms with Crippen LogP contribution in [0.2, 0.25) is 0 Å². The highest BCUT2D eigenvalue weighted by molar-refractivity contribution is 9.10. The van der Waals surface area contributed by atoms with Gasteiger partial charge in [-0.2, -0.15) is 0 Å². The number of aryl methyl sites for hydroxylation is 2. The van der Waals surface area contributed by atoms with Crippen molar-refractivity contribution in [2.24, 2.45) is 0 Å². The van der Waals surface area contributed by atoms with Crippen LogP contribution in [0, 0.1) is 6.92 Å². The fourth-order valence-electron chi connectivity index (χ4n) is 2.41. The summed E-state index contributed by atoms with van der Waals surface area (Å²) in [5, 5.41) is 2.83. The normalized spacial score (nSPS) is 10.8. The fourth-order valence-corrected chi connectivity index (χ4v) is 2.89. The van der Waals surface area contributed by atoms with Crippen LogP contribution in [0.4, 0.5) is 5.69 Å². The number of nitrogens with one attached hydrogen (secondary N) is 1. The van der Waals surface area contributed by atoms with Gasteiger partial charge in [-0.3, -0.25) is 9.59 Å². The molecule has 0 atom stereocenters. The molecule has 26 heavy (non-hydrogen) atoms. The Hall–Kier alpha value is -2.40. The van der Waals surface area contributed by atoms with Crippen LogP contribution in [-0.4, -0.2) is 30.3 Å². The third kappa shape index (κ3) is 5.85. The highest BCUT2D eigenvalue weighted by Gasteiger charge is 2.11. The first-order chi connectivity index (χ1) is 12.4. The van der Waals surface area contributed by atoms with Crippen molar-refractivity contribution >= 4 is 39.5 Å². The van der Waals surface area contributed by atoms with Crippen LogP contribution in [0.25, 0.3) is 6.08 Å². The van der Waals surface area contributed by atoms with Gasteiger partial charge in [0.2, 0.25) is 11.8 Å². The average Bonchev–Trinajstić information content (AvgIpc) is 2.62. The predicted octanol–water partition coefficient (Wildman–Crippen LogP) is 4.43. The van der Waals surface area contributed by atoms with E-state index in [0.29, 0.717) is 0 Å². The Morgan fingerprint density at radius 3 is 2.46 bits per heavy atom. The Labute approximate surface area is 163 Å². The highest BCUT2D eigenvalue weighted by Crippen LogP contribution is 2.19. The molecule has 5 heteroatoms. The Kier molecular flexibility index (Phi) is 7.16. The van der Waals surface area contributed by atoms with E-state index >= 15 is 0 Å². The minimum Gasteiger partial charge on any atom is -0.333 e. The smallest absolute Gasteiger partial charge is 0.246 e. The van der Waals surface area contributed by atoms with E-state index in [9.17, 15) is 9.59 Å². The molecule has 0 heterocycles. The standard InChI is InChI=1S/C21H23BrN2O2/c1-4-16-5-7-17(8-6-16)9-12-21(26)24(3)14-20(25)23-19-11-10-18(22)13-15(19)2/h5-13H,4,14H2,1-3H3,(H,23,25)/b12-9+. The first-order valence-electron chi connectivity index (χ1n) is 8.47. The molecule has 4 nitrogen and oxygen atoms in total. The number of carbonyl (C=O) groups excluding carboxylic acids is 2. The molecule has 0 aliphatic rings. The molecule has 2 amide bonds. The van der Waals surface area contributed by atoms with Crippen molar-refractivity contribution in [2.75, 3.05) is 18.9 Å². The zero-order chi connectivity index (χ0) is 19.1. The molecule has 0 saturated carbocycles. The largest absolute Gasteiger partial charge is 0.333 e. The number of nitrogens with zero attached hydrogens (tertiary/aromatic N) is 1. The number of likely N-dealkylation sites (N-methyl/N-ethyl adjacent to an activating group) is 1. The maximum atomic E-state index is 12.2. The van der Waals surface area contributed by atoms with Gasteiger partial charge in [-0.15, -0.1) is 0 Å². The molecule has 0 aromatic heterocycles. The Morgan fingerprint density at radius 1 is 1.15 bits per heavy atom. The van der Waals surface area contributed by atoms with Gasteiger partial charge in [-0.05, 0) is 54.3 Å². The summed E-state index contributed by atoms with van der Waals surface area (Å²) in [5.41, 5.74) is 3.91. The van der Waals surface area contributed by atoms with Crippen molar-refractivity contribution < 1.29 is 9.59 Å². The molecular weight excluding hydrogens is 392 g/mol. The molecule has 0 aliphatic carbocycles. The van der Waals surface area contributed by atoms with E-state index in [2.05, 4.69) is 28.2 Å². The summed E-state index contributed by atoms with van der Waals surface area (Å²) in [6, 6.07) is 13.7. The maximum absolute atomic E-state index is 12.2. The minimum atomic E-state index is -0.230. The second-order valence-corrected chi connectivity index (χ2v) is 7.05. The molecule has 0 fully saturated rings. The molecule has 1 N–H and O–H groups in total. The molecule has 136 valence electrons. The quantitative estimate of drug-likeness (QED) is 0.710. The van der Waals surface area contributed by atoms with Gasteiger partial charge < -0.3 is 10.2 Å². The van der Waals surface area contributed by atoms with E-state index in [0.717, 1.165) is 27.7 Å². The van der Waals surface area contributed by atoms with Crippen molar-refractivity contribution in [3.8, 4) is 0 Å². The average molecular weight is 415 g/mol. The third-order valence-corrected chi connectivity index (χ3v) is 4.52. The maximum Gasteiger partial charge on any atom is 0.246 e. The second kappa shape index (κ2) is 9.34. The summed E-state index contributed by atoms with van der Waals surface area (Å²) in [7, 11) is 1.61. The number of hydrogen-bond donors (Lipinski definition) is 1. The molecule has 2 rings (SSSR count). The number of benzene rings is 2. The van der Waals surface area contributed by atoms with Crippen LogP contribution in [0.1, 0.15) is 23.6 Å². The van der Waals surface area contributed by atoms with E-state index in [1.807, 2.05) is 49.4 Å². The zero-order valence-electron chi connectivity index (χ0n) is 15.3. The van der Waals surface area contributed by atoms with Crippen molar-refractivity contribution in [3.63, 3.8) is 0 Å². The van der Waals surface area contributed by atoms with E-state index in [-0.39, 0.29) is 18.4 Å². The van der Waals surface area contributed by atoms with Crippen LogP contribution in [-0.2, 0) is 16.0 Å². The first-order valence-corrected chi connectivity index (χ1v) is 9.26. The van der Waals surface area contributed by atoms with Crippen LogP contribution in [0.3, 0.4) is 0 Å². The van der Waals surface area contributed by atoms with Crippen molar-refractivity contribution in [2.45, 2.75) is 20.3 Å². The Morgan fingerprint density at radius 2 is 1.85 bits per heavy atom. The van der Waals surface area contributed by atoms with Crippen molar-refractivity contribution in [1.29, 1.82) is 0 Å². The number of hydrogen-bond acceptors (Lipinski definition) is 2. The minimum absolute atomic E-state index is 0.00650. The Balaban J connectivity index is 1.90. The van der Waals surface area contributed by atoms with E-state index < -0.39 is 0 Å². The molecule has 2 aromatic rings. The van der Waals surface area contributed by atoms with E-state index in [4.69, 9.17) is 0 Å². The fraction of sp³-hybridized carbons (Fsp3) is 0.238. The molecule has 0 bridgehead atoms. The SMILES string of the molecule is CCc1ccc(/C=C/C(=O)N(C)CC(=O)Nc2ccc(Br)cc2C)cc1. The highest BCUT2D eigenvalue weighted by atomic mass is 79.9. The lowest BCUT2D eigenvalue weighted by Gasteiger charge is -2.15. The lowest BCUT2D eigenvalue weighted by Crippen LogP contribution is -2.34. The molecule has 0 saturated heterocycles. The van der Waals surface area contributed by atoms with Crippen LogP contribution < -0.4 is 5.32 Å². The zero-order valence-corrected chi connectivity index (χ0v) is 16.8. The van der Waals surface area contributed by atoms with Crippen molar-refractivity contribution in [3.05, 3.63) is 69.7 Å². The summed E-state index contributed by atoms with van der Waals surface area (Å²) in [6.07, 6.45) is 4.23. The van der Waals surface area contributed by atoms with E-state index in [1.54, 1.807) is 13.1 Å². The first kappa shape index (κ1) is 19.9. The molecule has 0 radical (unpaired) electrons. The van der Waals surface area contributed by atoms with Gasteiger partial charge in [-0.1, -0.05) is 47.1 Å². The molecule has 0 aliphatic heterocycles. The lowest BCUT2D eigenvalue weighted by molar-refractivity contribution is -0.129. The van der Waals surface area contributed by atoms with E-state index in [1.165, 1.54) is 16.5 Å². The van der Waals surface area contributed by atoms with Gasteiger partial charge in [0.25, 0.3) is 0 Å². The van der Waals surface area contributed by atoms with Gasteiger partial charge in [-0.25, -0.2) is 0 Å². The van der Waals surface area contributed by atoms with Gasteiger partial charge in [0.05, 0.1) is 6.54 Å². The number of amides is 2. The number of halogens is 1. The topological polar surface area (TPSA) is 49.4 Å². The third-order valence-electron chi connectivity index (χ3n) is 4.03. The summed E-state index contributed by atoms with van der Waals surface area (Å²) in [5.74, 6) is -0.445.